The van der Waals surface area contributed by atoms with Gasteiger partial charge in [-0.25, -0.2) is 4.98 Å². The predicted molar refractivity (Wildman–Crippen MR) is 62.8 cm³/mol. The molecule has 0 saturated carbocycles. The Balaban J connectivity index is 2.08. The van der Waals surface area contributed by atoms with Crippen LogP contribution in [0.3, 0.4) is 0 Å². The van der Waals surface area contributed by atoms with Gasteiger partial charge in [0, 0.05) is 18.3 Å². The summed E-state index contributed by atoms with van der Waals surface area (Å²) < 4.78 is 1.89. The molecule has 5 heteroatoms. The summed E-state index contributed by atoms with van der Waals surface area (Å²) in [6.07, 6.45) is 7.67. The molecule has 0 atom stereocenters. The highest BCUT2D eigenvalue weighted by molar-refractivity contribution is 6.28. The van der Waals surface area contributed by atoms with Gasteiger partial charge >= 0.3 is 0 Å². The number of rotatable bonds is 1. The van der Waals surface area contributed by atoms with Crippen LogP contribution in [0.4, 0.5) is 0 Å². The van der Waals surface area contributed by atoms with E-state index < -0.39 is 0 Å². The maximum absolute atomic E-state index is 6.11. The van der Waals surface area contributed by atoms with Gasteiger partial charge in [0.1, 0.15) is 0 Å². The largest absolute Gasteiger partial charge is 0.317 e. The molecule has 0 radical (unpaired) electrons. The molecular formula is C11H13ClN4. The fourth-order valence-corrected chi connectivity index (χ4v) is 2.56. The van der Waals surface area contributed by atoms with Crippen molar-refractivity contribution in [3.8, 4) is 0 Å². The molecule has 1 aliphatic rings. The van der Waals surface area contributed by atoms with Crippen molar-refractivity contribution in [3.63, 3.8) is 0 Å². The summed E-state index contributed by atoms with van der Waals surface area (Å²) in [7, 11) is 0. The molecule has 2 aromatic rings. The van der Waals surface area contributed by atoms with Crippen molar-refractivity contribution in [2.24, 2.45) is 0 Å². The summed E-state index contributed by atoms with van der Waals surface area (Å²) >= 11 is 6.11. The van der Waals surface area contributed by atoms with E-state index >= 15 is 0 Å². The van der Waals surface area contributed by atoms with Crippen molar-refractivity contribution in [2.75, 3.05) is 13.1 Å². The first-order chi connectivity index (χ1) is 7.86. The van der Waals surface area contributed by atoms with E-state index in [9.17, 15) is 0 Å². The number of aromatic nitrogens is 3. The summed E-state index contributed by atoms with van der Waals surface area (Å²) in [5, 5.41) is 3.89. The lowest BCUT2D eigenvalue weighted by Gasteiger charge is -2.21. The molecule has 1 saturated heterocycles. The minimum atomic E-state index is 0.507. The van der Waals surface area contributed by atoms with E-state index in [1.54, 1.807) is 6.20 Å². The molecule has 4 nitrogen and oxygen atoms in total. The molecule has 1 N–H and O–H groups in total. The maximum Gasteiger partial charge on any atom is 0.207 e. The predicted octanol–water partition coefficient (Wildman–Crippen LogP) is 1.85. The van der Waals surface area contributed by atoms with E-state index in [1.165, 1.54) is 0 Å². The van der Waals surface area contributed by atoms with Crippen molar-refractivity contribution in [2.45, 2.75) is 18.8 Å². The Morgan fingerprint density at radius 3 is 3.00 bits per heavy atom. The van der Waals surface area contributed by atoms with Gasteiger partial charge < -0.3 is 5.32 Å². The van der Waals surface area contributed by atoms with Crippen LogP contribution in [0.25, 0.3) is 5.52 Å². The molecule has 2 aromatic heterocycles. The molecule has 0 aromatic carbocycles. The molecule has 3 heterocycles. The molecule has 0 amide bonds. The van der Waals surface area contributed by atoms with Crippen LogP contribution in [-0.2, 0) is 0 Å². The highest BCUT2D eigenvalue weighted by Crippen LogP contribution is 2.29. The standard InChI is InChI=1S/C11H13ClN4/c12-11-15-10(8-1-3-13-4-2-8)9-7-14-5-6-16(9)11/h5-8,13H,1-4H2. The third kappa shape index (κ3) is 1.58. The van der Waals surface area contributed by atoms with Crippen molar-refractivity contribution in [3.05, 3.63) is 29.6 Å². The van der Waals surface area contributed by atoms with Crippen LogP contribution in [0.15, 0.2) is 18.6 Å². The summed E-state index contributed by atoms with van der Waals surface area (Å²) in [6.45, 7) is 2.11. The minimum absolute atomic E-state index is 0.507. The fourth-order valence-electron chi connectivity index (χ4n) is 2.32. The van der Waals surface area contributed by atoms with E-state index in [-0.39, 0.29) is 0 Å². The van der Waals surface area contributed by atoms with Crippen LogP contribution >= 0.6 is 11.6 Å². The van der Waals surface area contributed by atoms with Gasteiger partial charge in [-0.1, -0.05) is 0 Å². The molecule has 84 valence electrons. The number of hydrogen-bond acceptors (Lipinski definition) is 3. The molecule has 1 aliphatic heterocycles. The van der Waals surface area contributed by atoms with E-state index in [1.807, 2.05) is 16.8 Å². The quantitative estimate of drug-likeness (QED) is 0.822. The van der Waals surface area contributed by atoms with E-state index in [0.29, 0.717) is 11.2 Å². The van der Waals surface area contributed by atoms with Gasteiger partial charge in [0.2, 0.25) is 5.28 Å². The Hall–Kier alpha value is -1.13. The first kappa shape index (κ1) is 10.1. The molecule has 0 aliphatic carbocycles. The van der Waals surface area contributed by atoms with E-state index in [4.69, 9.17) is 11.6 Å². The van der Waals surface area contributed by atoms with Gasteiger partial charge in [-0.15, -0.1) is 0 Å². The van der Waals surface area contributed by atoms with Crippen LogP contribution in [0.1, 0.15) is 24.5 Å². The first-order valence-corrected chi connectivity index (χ1v) is 5.92. The Morgan fingerprint density at radius 1 is 1.38 bits per heavy atom. The topological polar surface area (TPSA) is 42.2 Å². The highest BCUT2D eigenvalue weighted by Gasteiger charge is 2.21. The third-order valence-corrected chi connectivity index (χ3v) is 3.42. The summed E-state index contributed by atoms with van der Waals surface area (Å²) in [5.41, 5.74) is 2.14. The normalized spacial score (nSPS) is 18.1. The zero-order valence-electron chi connectivity index (χ0n) is 8.86. The van der Waals surface area contributed by atoms with Crippen molar-refractivity contribution in [1.29, 1.82) is 0 Å². The van der Waals surface area contributed by atoms with Gasteiger partial charge in [0.15, 0.2) is 0 Å². The number of imidazole rings is 1. The van der Waals surface area contributed by atoms with Crippen LogP contribution in [0.5, 0.6) is 0 Å². The van der Waals surface area contributed by atoms with Crippen molar-refractivity contribution in [1.82, 2.24) is 19.7 Å². The lowest BCUT2D eigenvalue weighted by Crippen LogP contribution is -2.26. The second kappa shape index (κ2) is 4.03. The Bertz CT molecular complexity index is 502. The minimum Gasteiger partial charge on any atom is -0.317 e. The molecule has 1 fully saturated rings. The number of halogens is 1. The average Bonchev–Trinajstić information content (AvgIpc) is 2.69. The SMILES string of the molecule is Clc1nc(C2CCNCC2)c2cnccn12. The van der Waals surface area contributed by atoms with E-state index in [0.717, 1.165) is 37.1 Å². The number of hydrogen-bond donors (Lipinski definition) is 1. The number of piperidine rings is 1. The zero-order valence-corrected chi connectivity index (χ0v) is 9.61. The van der Waals surface area contributed by atoms with Gasteiger partial charge in [-0.05, 0) is 37.5 Å². The summed E-state index contributed by atoms with van der Waals surface area (Å²) in [4.78, 5) is 8.62. The molecule has 0 bridgehead atoms. The first-order valence-electron chi connectivity index (χ1n) is 5.54. The zero-order chi connectivity index (χ0) is 11.0. The van der Waals surface area contributed by atoms with Crippen LogP contribution in [-0.4, -0.2) is 27.5 Å². The molecule has 3 rings (SSSR count). The number of nitrogens with zero attached hydrogens (tertiary/aromatic N) is 3. The van der Waals surface area contributed by atoms with Crippen LogP contribution in [0.2, 0.25) is 5.28 Å². The molecule has 16 heavy (non-hydrogen) atoms. The van der Waals surface area contributed by atoms with E-state index in [2.05, 4.69) is 15.3 Å². The Morgan fingerprint density at radius 2 is 2.19 bits per heavy atom. The fraction of sp³-hybridized carbons (Fsp3) is 0.455. The Kier molecular flexibility index (Phi) is 2.53. The third-order valence-electron chi connectivity index (χ3n) is 3.16. The Labute approximate surface area is 98.7 Å². The monoisotopic (exact) mass is 236 g/mol. The highest BCUT2D eigenvalue weighted by atomic mass is 35.5. The van der Waals surface area contributed by atoms with Crippen LogP contribution < -0.4 is 5.32 Å². The lowest BCUT2D eigenvalue weighted by molar-refractivity contribution is 0.456. The molecular weight excluding hydrogens is 224 g/mol. The second-order valence-corrected chi connectivity index (χ2v) is 4.46. The van der Waals surface area contributed by atoms with Crippen LogP contribution in [0, 0.1) is 0 Å². The summed E-state index contributed by atoms with van der Waals surface area (Å²) in [5.74, 6) is 0.507. The second-order valence-electron chi connectivity index (χ2n) is 4.12. The maximum atomic E-state index is 6.11. The number of fused-ring (bicyclic) bond motifs is 1. The van der Waals surface area contributed by atoms with Crippen molar-refractivity contribution >= 4 is 17.1 Å². The molecule has 0 unspecified atom stereocenters. The average molecular weight is 237 g/mol. The summed E-state index contributed by atoms with van der Waals surface area (Å²) in [6, 6.07) is 0. The van der Waals surface area contributed by atoms with Gasteiger partial charge in [-0.2, -0.15) is 0 Å². The van der Waals surface area contributed by atoms with Crippen molar-refractivity contribution < 1.29 is 0 Å². The van der Waals surface area contributed by atoms with Gasteiger partial charge in [0.25, 0.3) is 0 Å². The smallest absolute Gasteiger partial charge is 0.207 e. The number of nitrogens with one attached hydrogen (secondary N) is 1. The van der Waals surface area contributed by atoms with Gasteiger partial charge in [-0.3, -0.25) is 9.38 Å². The lowest BCUT2D eigenvalue weighted by atomic mass is 9.94. The van der Waals surface area contributed by atoms with Gasteiger partial charge in [0.05, 0.1) is 17.4 Å². The molecule has 0 spiro atoms.